The monoisotopic (exact) mass is 477 g/mol. The number of esters is 1. The third-order valence-corrected chi connectivity index (χ3v) is 6.42. The van der Waals surface area contributed by atoms with Crippen LogP contribution >= 0.6 is 0 Å². The molecule has 2 heterocycles. The van der Waals surface area contributed by atoms with Crippen molar-refractivity contribution in [2.75, 3.05) is 44.2 Å². The first-order valence-corrected chi connectivity index (χ1v) is 12.4. The number of nitrogens with zero attached hydrogens (tertiary/aromatic N) is 5. The number of benzene rings is 2. The zero-order chi connectivity index (χ0) is 24.8. The zero-order valence-corrected chi connectivity index (χ0v) is 20.8. The number of carbonyl (C=O) groups is 1. The van der Waals surface area contributed by atoms with Crippen LogP contribution in [0.15, 0.2) is 65.7 Å². The van der Waals surface area contributed by atoms with E-state index >= 15 is 0 Å². The Morgan fingerprint density at radius 3 is 2.23 bits per heavy atom. The van der Waals surface area contributed by atoms with E-state index in [4.69, 9.17) is 4.74 Å². The molecule has 1 fully saturated rings. The Morgan fingerprint density at radius 2 is 1.63 bits per heavy atom. The Morgan fingerprint density at radius 1 is 0.971 bits per heavy atom. The second kappa shape index (κ2) is 11.4. The van der Waals surface area contributed by atoms with Crippen LogP contribution in [0.5, 0.6) is 0 Å². The number of aromatic nitrogens is 3. The van der Waals surface area contributed by atoms with E-state index in [1.807, 2.05) is 63.2 Å². The molecular weight excluding hydrogens is 442 g/mol. The topological polar surface area (TPSA) is 72.6 Å². The van der Waals surface area contributed by atoms with Gasteiger partial charge in [-0.25, -0.2) is 14.0 Å². The Bertz CT molecular complexity index is 1150. The molecule has 3 aromatic rings. The van der Waals surface area contributed by atoms with Gasteiger partial charge in [-0.3, -0.25) is 9.69 Å². The second-order valence-electron chi connectivity index (χ2n) is 9.26. The van der Waals surface area contributed by atoms with Gasteiger partial charge in [0.15, 0.2) is 0 Å². The first-order chi connectivity index (χ1) is 17.0. The van der Waals surface area contributed by atoms with Gasteiger partial charge in [0.05, 0.1) is 24.3 Å². The lowest BCUT2D eigenvalue weighted by molar-refractivity contribution is -0.146. The number of hydrogen-bond acceptors (Lipinski definition) is 6. The molecule has 0 radical (unpaired) electrons. The number of carbonyl (C=O) groups excluding carboxylic acids is 1. The van der Waals surface area contributed by atoms with E-state index in [9.17, 15) is 9.59 Å². The Labute approximate surface area is 206 Å². The van der Waals surface area contributed by atoms with Crippen molar-refractivity contribution in [3.8, 4) is 5.69 Å². The molecule has 8 nitrogen and oxygen atoms in total. The molecule has 35 heavy (non-hydrogen) atoms. The smallest absolute Gasteiger partial charge is 0.350 e. The summed E-state index contributed by atoms with van der Waals surface area (Å²) in [5.41, 5.74) is 2.80. The summed E-state index contributed by atoms with van der Waals surface area (Å²) in [6, 6.07) is 18.0. The molecule has 186 valence electrons. The Hall–Kier alpha value is -3.39. The van der Waals surface area contributed by atoms with Gasteiger partial charge in [0.1, 0.15) is 6.33 Å². The third kappa shape index (κ3) is 5.82. The normalized spacial score (nSPS) is 15.4. The molecule has 0 bridgehead atoms. The lowest BCUT2D eigenvalue weighted by Gasteiger charge is -2.37. The predicted molar refractivity (Wildman–Crippen MR) is 137 cm³/mol. The van der Waals surface area contributed by atoms with Crippen molar-refractivity contribution in [1.82, 2.24) is 19.2 Å². The molecule has 1 atom stereocenters. The number of anilines is 1. The van der Waals surface area contributed by atoms with E-state index in [0.717, 1.165) is 49.5 Å². The molecule has 4 rings (SSSR count). The Balaban J connectivity index is 1.38. The molecule has 1 aliphatic heterocycles. The van der Waals surface area contributed by atoms with E-state index in [-0.39, 0.29) is 23.6 Å². The first-order valence-electron chi connectivity index (χ1n) is 12.4. The van der Waals surface area contributed by atoms with Crippen molar-refractivity contribution in [3.63, 3.8) is 0 Å². The van der Waals surface area contributed by atoms with E-state index in [1.165, 1.54) is 4.68 Å². The molecule has 0 amide bonds. The molecule has 0 saturated carbocycles. The van der Waals surface area contributed by atoms with Crippen molar-refractivity contribution in [2.45, 2.75) is 39.2 Å². The second-order valence-corrected chi connectivity index (χ2v) is 9.26. The molecule has 0 N–H and O–H groups in total. The molecule has 1 unspecified atom stereocenters. The number of ether oxygens (including phenoxy) is 1. The SMILES string of the molecule is CCCOC(=O)C(CN1CCN(c2ccc(-n3cnn(C(C)C)c3=O)cc2)CC1)c1ccccc1. The first kappa shape index (κ1) is 24.7. The highest BCUT2D eigenvalue weighted by Gasteiger charge is 2.27. The van der Waals surface area contributed by atoms with Crippen LogP contribution in [0.25, 0.3) is 5.69 Å². The van der Waals surface area contributed by atoms with Gasteiger partial charge in [-0.1, -0.05) is 37.3 Å². The van der Waals surface area contributed by atoms with Crippen LogP contribution in [-0.2, 0) is 9.53 Å². The van der Waals surface area contributed by atoms with Crippen LogP contribution in [0.2, 0.25) is 0 Å². The molecular formula is C27H35N5O3. The Kier molecular flexibility index (Phi) is 8.02. The average Bonchev–Trinajstić information content (AvgIpc) is 3.28. The summed E-state index contributed by atoms with van der Waals surface area (Å²) in [5, 5.41) is 4.20. The summed E-state index contributed by atoms with van der Waals surface area (Å²) >= 11 is 0. The van der Waals surface area contributed by atoms with E-state index in [1.54, 1.807) is 10.9 Å². The van der Waals surface area contributed by atoms with Gasteiger partial charge in [0.2, 0.25) is 0 Å². The minimum atomic E-state index is -0.279. The van der Waals surface area contributed by atoms with Crippen molar-refractivity contribution in [1.29, 1.82) is 0 Å². The summed E-state index contributed by atoms with van der Waals surface area (Å²) in [4.78, 5) is 30.0. The fraction of sp³-hybridized carbons (Fsp3) is 0.444. The molecule has 1 aliphatic rings. The van der Waals surface area contributed by atoms with Gasteiger partial charge in [-0.15, -0.1) is 0 Å². The van der Waals surface area contributed by atoms with E-state index in [0.29, 0.717) is 13.2 Å². The predicted octanol–water partition coefficient (Wildman–Crippen LogP) is 3.47. The van der Waals surface area contributed by atoms with Gasteiger partial charge in [-0.05, 0) is 50.1 Å². The largest absolute Gasteiger partial charge is 0.465 e. The quantitative estimate of drug-likeness (QED) is 0.440. The van der Waals surface area contributed by atoms with E-state index < -0.39 is 0 Å². The van der Waals surface area contributed by atoms with Crippen LogP contribution in [0.3, 0.4) is 0 Å². The lowest BCUT2D eigenvalue weighted by atomic mass is 9.98. The highest BCUT2D eigenvalue weighted by Crippen LogP contribution is 2.22. The third-order valence-electron chi connectivity index (χ3n) is 6.42. The van der Waals surface area contributed by atoms with Crippen LogP contribution in [-0.4, -0.2) is 64.5 Å². The maximum absolute atomic E-state index is 12.8. The van der Waals surface area contributed by atoms with E-state index in [2.05, 4.69) is 27.0 Å². The standard InChI is InChI=1S/C27H35N5O3/c1-4-18-35-26(33)25(22-8-6-5-7-9-22)19-29-14-16-30(17-15-29)23-10-12-24(13-11-23)31-20-28-32(21(2)3)27(31)34/h5-13,20-21,25H,4,14-19H2,1-3H3. The average molecular weight is 478 g/mol. The minimum Gasteiger partial charge on any atom is -0.465 e. The summed E-state index contributed by atoms with van der Waals surface area (Å²) < 4.78 is 8.56. The summed E-state index contributed by atoms with van der Waals surface area (Å²) in [6.07, 6.45) is 2.39. The molecule has 1 aromatic heterocycles. The fourth-order valence-electron chi connectivity index (χ4n) is 4.42. The van der Waals surface area contributed by atoms with Gasteiger partial charge in [0.25, 0.3) is 0 Å². The van der Waals surface area contributed by atoms with Crippen molar-refractivity contribution in [3.05, 3.63) is 77.0 Å². The molecule has 0 spiro atoms. The van der Waals surface area contributed by atoms with Crippen LogP contribution in [0.4, 0.5) is 5.69 Å². The number of piperazine rings is 1. The minimum absolute atomic E-state index is 0.0225. The number of rotatable bonds is 9. The van der Waals surface area contributed by atoms with Crippen LogP contribution < -0.4 is 10.6 Å². The highest BCUT2D eigenvalue weighted by atomic mass is 16.5. The van der Waals surface area contributed by atoms with Crippen LogP contribution in [0.1, 0.15) is 44.7 Å². The summed E-state index contributed by atoms with van der Waals surface area (Å²) in [6.45, 7) is 10.5. The molecule has 0 aliphatic carbocycles. The maximum Gasteiger partial charge on any atom is 0.350 e. The summed E-state index contributed by atoms with van der Waals surface area (Å²) in [7, 11) is 0. The molecule has 8 heteroatoms. The van der Waals surface area contributed by atoms with Crippen molar-refractivity contribution in [2.24, 2.45) is 0 Å². The van der Waals surface area contributed by atoms with Gasteiger partial charge < -0.3 is 9.64 Å². The summed E-state index contributed by atoms with van der Waals surface area (Å²) in [5.74, 6) is -0.425. The highest BCUT2D eigenvalue weighted by molar-refractivity contribution is 5.78. The van der Waals surface area contributed by atoms with Crippen LogP contribution in [0, 0.1) is 0 Å². The van der Waals surface area contributed by atoms with Gasteiger partial charge in [-0.2, -0.15) is 5.10 Å². The van der Waals surface area contributed by atoms with Gasteiger partial charge in [0, 0.05) is 38.4 Å². The van der Waals surface area contributed by atoms with Crippen molar-refractivity contribution >= 4 is 11.7 Å². The zero-order valence-electron chi connectivity index (χ0n) is 20.8. The maximum atomic E-state index is 12.8. The molecule has 2 aromatic carbocycles. The van der Waals surface area contributed by atoms with Gasteiger partial charge >= 0.3 is 11.7 Å². The lowest BCUT2D eigenvalue weighted by Crippen LogP contribution is -2.48. The molecule has 1 saturated heterocycles. The fourth-order valence-corrected chi connectivity index (χ4v) is 4.42. The number of hydrogen-bond donors (Lipinski definition) is 0. The van der Waals surface area contributed by atoms with Crippen molar-refractivity contribution < 1.29 is 9.53 Å².